The van der Waals surface area contributed by atoms with Gasteiger partial charge in [0.05, 0.1) is 0 Å². The molecule has 1 aromatic carbocycles. The molecule has 0 aliphatic carbocycles. The monoisotopic (exact) mass is 233 g/mol. The number of amides is 3. The van der Waals surface area contributed by atoms with Crippen LogP contribution in [0, 0.1) is 6.92 Å². The average Bonchev–Trinajstić information content (AvgIpc) is 2.32. The Morgan fingerprint density at radius 1 is 1.41 bits per heavy atom. The van der Waals surface area contributed by atoms with Gasteiger partial charge >= 0.3 is 6.03 Å². The molecule has 17 heavy (non-hydrogen) atoms. The highest BCUT2D eigenvalue weighted by Crippen LogP contribution is 2.13. The summed E-state index contributed by atoms with van der Waals surface area (Å²) in [6, 6.07) is 7.33. The van der Waals surface area contributed by atoms with Gasteiger partial charge in [0.2, 0.25) is 5.91 Å². The summed E-state index contributed by atoms with van der Waals surface area (Å²) in [5, 5.41) is 5.49. The Balaban J connectivity index is 2.02. The quantitative estimate of drug-likeness (QED) is 0.759. The molecule has 5 heteroatoms. The molecule has 0 aromatic heterocycles. The van der Waals surface area contributed by atoms with Crippen LogP contribution in [0.25, 0.3) is 0 Å². The van der Waals surface area contributed by atoms with E-state index in [1.807, 2.05) is 31.2 Å². The fraction of sp³-hybridized carbons (Fsp3) is 0.333. The van der Waals surface area contributed by atoms with E-state index in [4.69, 9.17) is 0 Å². The zero-order valence-corrected chi connectivity index (χ0v) is 9.69. The molecule has 3 amide bonds. The molecule has 2 N–H and O–H groups in total. The Labute approximate surface area is 99.8 Å². The summed E-state index contributed by atoms with van der Waals surface area (Å²) >= 11 is 0. The molecule has 0 atom stereocenters. The molecule has 1 aromatic rings. The number of nitrogens with zero attached hydrogens (tertiary/aromatic N) is 1. The summed E-state index contributed by atoms with van der Waals surface area (Å²) in [7, 11) is 0. The number of para-hydroxylation sites is 1. The first kappa shape index (κ1) is 11.4. The first-order valence-electron chi connectivity index (χ1n) is 5.55. The van der Waals surface area contributed by atoms with Gasteiger partial charge in [0.15, 0.2) is 0 Å². The Hall–Kier alpha value is -2.04. The number of carbonyl (C=O) groups excluding carboxylic acids is 2. The summed E-state index contributed by atoms with van der Waals surface area (Å²) in [5.74, 6) is -0.115. The van der Waals surface area contributed by atoms with Crippen molar-refractivity contribution in [3.8, 4) is 0 Å². The minimum atomic E-state index is -0.228. The molecule has 0 spiro atoms. The van der Waals surface area contributed by atoms with Gasteiger partial charge in [-0.05, 0) is 18.6 Å². The van der Waals surface area contributed by atoms with Crippen molar-refractivity contribution in [2.45, 2.75) is 6.92 Å². The van der Waals surface area contributed by atoms with Crippen molar-refractivity contribution in [2.24, 2.45) is 0 Å². The summed E-state index contributed by atoms with van der Waals surface area (Å²) in [4.78, 5) is 24.6. The van der Waals surface area contributed by atoms with E-state index in [1.54, 1.807) is 0 Å². The fourth-order valence-electron chi connectivity index (χ4n) is 1.72. The highest BCUT2D eigenvalue weighted by Gasteiger charge is 2.21. The smallest absolute Gasteiger partial charge is 0.322 e. The van der Waals surface area contributed by atoms with Gasteiger partial charge in [0.25, 0.3) is 0 Å². The minimum absolute atomic E-state index is 0.115. The summed E-state index contributed by atoms with van der Waals surface area (Å²) in [6.45, 7) is 3.11. The van der Waals surface area contributed by atoms with E-state index in [-0.39, 0.29) is 18.5 Å². The highest BCUT2D eigenvalue weighted by atomic mass is 16.2. The molecule has 1 aliphatic rings. The van der Waals surface area contributed by atoms with Crippen molar-refractivity contribution in [1.29, 1.82) is 0 Å². The van der Waals surface area contributed by atoms with E-state index in [1.165, 1.54) is 4.90 Å². The normalized spacial score (nSPS) is 15.4. The van der Waals surface area contributed by atoms with Crippen LogP contribution in [0.2, 0.25) is 0 Å². The second-order valence-corrected chi connectivity index (χ2v) is 4.02. The van der Waals surface area contributed by atoms with Crippen molar-refractivity contribution in [3.05, 3.63) is 29.8 Å². The maximum atomic E-state index is 11.9. The van der Waals surface area contributed by atoms with Crippen LogP contribution in [0.3, 0.4) is 0 Å². The number of anilines is 1. The third-order valence-electron chi connectivity index (χ3n) is 2.71. The minimum Gasteiger partial charge on any atom is -0.353 e. The number of piperazine rings is 1. The van der Waals surface area contributed by atoms with Crippen LogP contribution in [-0.2, 0) is 4.79 Å². The van der Waals surface area contributed by atoms with Crippen LogP contribution in [0.15, 0.2) is 24.3 Å². The first-order chi connectivity index (χ1) is 8.16. The lowest BCUT2D eigenvalue weighted by atomic mass is 10.2. The zero-order valence-electron chi connectivity index (χ0n) is 9.69. The molecule has 1 fully saturated rings. The van der Waals surface area contributed by atoms with Crippen LogP contribution in [0.4, 0.5) is 10.5 Å². The van der Waals surface area contributed by atoms with Crippen LogP contribution in [0.1, 0.15) is 5.56 Å². The van der Waals surface area contributed by atoms with Crippen molar-refractivity contribution in [3.63, 3.8) is 0 Å². The third-order valence-corrected chi connectivity index (χ3v) is 2.71. The molecule has 0 bridgehead atoms. The van der Waals surface area contributed by atoms with Crippen LogP contribution >= 0.6 is 0 Å². The van der Waals surface area contributed by atoms with E-state index < -0.39 is 0 Å². The third kappa shape index (κ3) is 2.75. The van der Waals surface area contributed by atoms with Crippen LogP contribution in [0.5, 0.6) is 0 Å². The lowest BCUT2D eigenvalue weighted by molar-refractivity contribution is -0.123. The second kappa shape index (κ2) is 4.86. The molecule has 0 unspecified atom stereocenters. The number of hydrogen-bond acceptors (Lipinski definition) is 2. The van der Waals surface area contributed by atoms with Gasteiger partial charge in [0, 0.05) is 18.8 Å². The van der Waals surface area contributed by atoms with Crippen LogP contribution < -0.4 is 10.6 Å². The maximum absolute atomic E-state index is 11.9. The molecule has 1 aliphatic heterocycles. The van der Waals surface area contributed by atoms with Crippen molar-refractivity contribution in [1.82, 2.24) is 10.2 Å². The SMILES string of the molecule is Cc1ccccc1NC(=O)N1CCNC(=O)C1. The van der Waals surface area contributed by atoms with E-state index in [0.717, 1.165) is 11.3 Å². The van der Waals surface area contributed by atoms with Crippen molar-refractivity contribution in [2.75, 3.05) is 25.0 Å². The largest absolute Gasteiger partial charge is 0.353 e. The average molecular weight is 233 g/mol. The highest BCUT2D eigenvalue weighted by molar-refractivity contribution is 5.93. The Kier molecular flexibility index (Phi) is 3.27. The van der Waals surface area contributed by atoms with E-state index >= 15 is 0 Å². The molecule has 1 saturated heterocycles. The predicted octanol–water partition coefficient (Wildman–Crippen LogP) is 0.959. The topological polar surface area (TPSA) is 61.4 Å². The van der Waals surface area contributed by atoms with Gasteiger partial charge in [-0.3, -0.25) is 4.79 Å². The van der Waals surface area contributed by atoms with E-state index in [2.05, 4.69) is 10.6 Å². The molecular weight excluding hydrogens is 218 g/mol. The van der Waals surface area contributed by atoms with E-state index in [9.17, 15) is 9.59 Å². The number of carbonyl (C=O) groups is 2. The predicted molar refractivity (Wildman–Crippen MR) is 64.8 cm³/mol. The number of aryl methyl sites for hydroxylation is 1. The van der Waals surface area contributed by atoms with E-state index in [0.29, 0.717) is 13.1 Å². The van der Waals surface area contributed by atoms with Crippen LogP contribution in [-0.4, -0.2) is 36.5 Å². The molecule has 0 radical (unpaired) electrons. The zero-order chi connectivity index (χ0) is 12.3. The lowest BCUT2D eigenvalue weighted by Crippen LogP contribution is -2.51. The van der Waals surface area contributed by atoms with Crippen molar-refractivity contribution >= 4 is 17.6 Å². The number of urea groups is 1. The number of nitrogens with one attached hydrogen (secondary N) is 2. The molecule has 5 nitrogen and oxygen atoms in total. The Bertz CT molecular complexity index is 445. The Morgan fingerprint density at radius 3 is 2.88 bits per heavy atom. The molecule has 2 rings (SSSR count). The number of rotatable bonds is 1. The standard InChI is InChI=1S/C12H15N3O2/c1-9-4-2-3-5-10(9)14-12(17)15-7-6-13-11(16)8-15/h2-5H,6-8H2,1H3,(H,13,16)(H,14,17). The van der Waals surface area contributed by atoms with Crippen molar-refractivity contribution < 1.29 is 9.59 Å². The summed E-state index contributed by atoms with van der Waals surface area (Å²) < 4.78 is 0. The summed E-state index contributed by atoms with van der Waals surface area (Å²) in [5.41, 5.74) is 1.78. The van der Waals surface area contributed by atoms with Gasteiger partial charge in [-0.2, -0.15) is 0 Å². The Morgan fingerprint density at radius 2 is 2.18 bits per heavy atom. The van der Waals surface area contributed by atoms with Gasteiger partial charge in [-0.25, -0.2) is 4.79 Å². The number of hydrogen-bond donors (Lipinski definition) is 2. The molecule has 1 heterocycles. The summed E-state index contributed by atoms with van der Waals surface area (Å²) in [6.07, 6.45) is 0. The second-order valence-electron chi connectivity index (χ2n) is 4.02. The van der Waals surface area contributed by atoms with Gasteiger partial charge in [-0.15, -0.1) is 0 Å². The molecule has 90 valence electrons. The van der Waals surface area contributed by atoms with Gasteiger partial charge in [-0.1, -0.05) is 18.2 Å². The van der Waals surface area contributed by atoms with Gasteiger partial charge in [0.1, 0.15) is 6.54 Å². The fourth-order valence-corrected chi connectivity index (χ4v) is 1.72. The lowest BCUT2D eigenvalue weighted by Gasteiger charge is -2.27. The molecular formula is C12H15N3O2. The number of benzene rings is 1. The first-order valence-corrected chi connectivity index (χ1v) is 5.55. The van der Waals surface area contributed by atoms with Gasteiger partial charge < -0.3 is 15.5 Å². The molecule has 0 saturated carbocycles. The maximum Gasteiger partial charge on any atom is 0.322 e.